The Balaban J connectivity index is 2.13. The first kappa shape index (κ1) is 17.0. The topological polar surface area (TPSA) is 110 Å². The summed E-state index contributed by atoms with van der Waals surface area (Å²) in [5.74, 6) is 0.726. The van der Waals surface area contributed by atoms with Crippen molar-refractivity contribution in [3.05, 3.63) is 5.56 Å². The minimum Gasteiger partial charge on any atom is -0.466 e. The Kier molecular flexibility index (Phi) is 6.13. The number of esters is 1. The van der Waals surface area contributed by atoms with Crippen molar-refractivity contribution in [3.8, 4) is 0 Å². The number of hydrogen-bond acceptors (Lipinski definition) is 8. The van der Waals surface area contributed by atoms with Gasteiger partial charge in [0.15, 0.2) is 6.29 Å². The van der Waals surface area contributed by atoms with Gasteiger partial charge in [0.1, 0.15) is 11.6 Å². The van der Waals surface area contributed by atoms with Crippen molar-refractivity contribution in [1.29, 1.82) is 0 Å². The number of nitrogens with zero attached hydrogens (tertiary/aromatic N) is 3. The molecule has 0 aromatic carbocycles. The highest BCUT2D eigenvalue weighted by atomic mass is 16.5. The van der Waals surface area contributed by atoms with E-state index >= 15 is 0 Å². The summed E-state index contributed by atoms with van der Waals surface area (Å²) >= 11 is 0. The molecule has 8 nitrogen and oxygen atoms in total. The van der Waals surface area contributed by atoms with Gasteiger partial charge < -0.3 is 20.7 Å². The molecule has 126 valence electrons. The van der Waals surface area contributed by atoms with E-state index in [9.17, 15) is 9.59 Å². The molecule has 0 aliphatic carbocycles. The molecule has 2 heterocycles. The number of nitrogen functional groups attached to an aromatic ring is 1. The van der Waals surface area contributed by atoms with Crippen molar-refractivity contribution in [1.82, 2.24) is 9.97 Å². The van der Waals surface area contributed by atoms with Crippen LogP contribution in [0.25, 0.3) is 0 Å². The van der Waals surface area contributed by atoms with Crippen LogP contribution in [0, 0.1) is 0 Å². The summed E-state index contributed by atoms with van der Waals surface area (Å²) in [6, 6.07) is 0. The van der Waals surface area contributed by atoms with Gasteiger partial charge in [-0.3, -0.25) is 9.59 Å². The van der Waals surface area contributed by atoms with Crippen molar-refractivity contribution in [2.45, 2.75) is 32.6 Å². The van der Waals surface area contributed by atoms with Gasteiger partial charge >= 0.3 is 5.97 Å². The third kappa shape index (κ3) is 4.54. The lowest BCUT2D eigenvalue weighted by Crippen LogP contribution is -2.32. The van der Waals surface area contributed by atoms with Crippen LogP contribution in [0.3, 0.4) is 0 Å². The van der Waals surface area contributed by atoms with E-state index in [1.807, 2.05) is 0 Å². The maximum absolute atomic E-state index is 11.5. The first-order valence-corrected chi connectivity index (χ1v) is 7.92. The predicted molar refractivity (Wildman–Crippen MR) is 87.6 cm³/mol. The van der Waals surface area contributed by atoms with E-state index in [0.717, 1.165) is 32.2 Å². The van der Waals surface area contributed by atoms with Crippen molar-refractivity contribution < 1.29 is 14.3 Å². The van der Waals surface area contributed by atoms with Crippen LogP contribution in [0.4, 0.5) is 17.6 Å². The molecule has 1 aliphatic heterocycles. The second-order valence-corrected chi connectivity index (χ2v) is 5.32. The largest absolute Gasteiger partial charge is 0.466 e. The van der Waals surface area contributed by atoms with E-state index in [4.69, 9.17) is 10.5 Å². The van der Waals surface area contributed by atoms with Crippen molar-refractivity contribution in [3.63, 3.8) is 0 Å². The van der Waals surface area contributed by atoms with Crippen molar-refractivity contribution in [2.75, 3.05) is 42.2 Å². The summed E-state index contributed by atoms with van der Waals surface area (Å²) in [4.78, 5) is 33.3. The summed E-state index contributed by atoms with van der Waals surface area (Å²) in [5, 5.41) is 2.98. The molecule has 0 atom stereocenters. The molecule has 0 spiro atoms. The molecule has 1 aromatic heterocycles. The fourth-order valence-corrected chi connectivity index (χ4v) is 2.58. The molecule has 0 saturated carbocycles. The number of aromatic nitrogens is 2. The monoisotopic (exact) mass is 321 g/mol. The molecule has 0 bridgehead atoms. The molecule has 2 rings (SSSR count). The number of nitrogens with one attached hydrogen (secondary N) is 1. The lowest BCUT2D eigenvalue weighted by atomic mass is 10.1. The van der Waals surface area contributed by atoms with Crippen LogP contribution >= 0.6 is 0 Å². The van der Waals surface area contributed by atoms with Crippen LogP contribution in [0.2, 0.25) is 0 Å². The molecule has 0 radical (unpaired) electrons. The number of carbonyl (C=O) groups is 2. The van der Waals surface area contributed by atoms with Crippen LogP contribution in [0.15, 0.2) is 0 Å². The number of rotatable bonds is 7. The molecular formula is C15H23N5O3. The third-order valence-corrected chi connectivity index (χ3v) is 3.64. The summed E-state index contributed by atoms with van der Waals surface area (Å²) < 4.78 is 4.86. The second kappa shape index (κ2) is 8.30. The third-order valence-electron chi connectivity index (χ3n) is 3.64. The maximum Gasteiger partial charge on any atom is 0.307 e. The fourth-order valence-electron chi connectivity index (χ4n) is 2.58. The molecule has 0 amide bonds. The molecule has 1 aromatic rings. The fraction of sp³-hybridized carbons (Fsp3) is 0.600. The molecule has 23 heavy (non-hydrogen) atoms. The van der Waals surface area contributed by atoms with Crippen LogP contribution in [-0.4, -0.2) is 48.5 Å². The average Bonchev–Trinajstić information content (AvgIpc) is 2.55. The van der Waals surface area contributed by atoms with Crippen LogP contribution < -0.4 is 16.0 Å². The summed E-state index contributed by atoms with van der Waals surface area (Å²) in [6.45, 7) is 4.11. The Bertz CT molecular complexity index is 558. The quantitative estimate of drug-likeness (QED) is 0.570. The highest BCUT2D eigenvalue weighted by Crippen LogP contribution is 2.26. The van der Waals surface area contributed by atoms with Gasteiger partial charge in [-0.1, -0.05) is 0 Å². The van der Waals surface area contributed by atoms with Crippen molar-refractivity contribution >= 4 is 29.8 Å². The zero-order valence-electron chi connectivity index (χ0n) is 13.4. The number of ether oxygens (including phenoxy) is 1. The first-order chi connectivity index (χ1) is 11.2. The van der Waals surface area contributed by atoms with Gasteiger partial charge in [0.05, 0.1) is 18.6 Å². The van der Waals surface area contributed by atoms with E-state index in [0.29, 0.717) is 30.4 Å². The Labute approximate surface area is 135 Å². The number of piperidine rings is 1. The highest BCUT2D eigenvalue weighted by molar-refractivity contribution is 5.90. The van der Waals surface area contributed by atoms with E-state index < -0.39 is 0 Å². The van der Waals surface area contributed by atoms with E-state index in [1.165, 1.54) is 6.42 Å². The van der Waals surface area contributed by atoms with Gasteiger partial charge in [0.25, 0.3) is 0 Å². The smallest absolute Gasteiger partial charge is 0.307 e. The molecular weight excluding hydrogens is 298 g/mol. The van der Waals surface area contributed by atoms with Gasteiger partial charge in [0, 0.05) is 19.6 Å². The average molecular weight is 321 g/mol. The van der Waals surface area contributed by atoms with Crippen LogP contribution in [0.5, 0.6) is 0 Å². The molecule has 1 saturated heterocycles. The van der Waals surface area contributed by atoms with E-state index in [-0.39, 0.29) is 18.3 Å². The predicted octanol–water partition coefficient (Wildman–Crippen LogP) is 1.23. The summed E-state index contributed by atoms with van der Waals surface area (Å²) in [5.41, 5.74) is 6.15. The number of anilines is 3. The normalized spacial score (nSPS) is 14.4. The number of aldehydes is 1. The summed E-state index contributed by atoms with van der Waals surface area (Å²) in [6.07, 6.45) is 4.23. The molecule has 1 aliphatic rings. The highest BCUT2D eigenvalue weighted by Gasteiger charge is 2.20. The Morgan fingerprint density at radius 2 is 2.09 bits per heavy atom. The number of nitrogens with two attached hydrogens (primary N) is 1. The number of carbonyl (C=O) groups excluding carboxylic acids is 2. The Morgan fingerprint density at radius 1 is 1.35 bits per heavy atom. The lowest BCUT2D eigenvalue weighted by Gasteiger charge is -2.29. The van der Waals surface area contributed by atoms with Gasteiger partial charge in [-0.15, -0.1) is 0 Å². The Morgan fingerprint density at radius 3 is 2.74 bits per heavy atom. The van der Waals surface area contributed by atoms with Gasteiger partial charge in [0.2, 0.25) is 5.95 Å². The molecule has 3 N–H and O–H groups in total. The SMILES string of the molecule is CCOC(=O)CCNc1nc(N)nc(N2CCCCC2)c1C=O. The van der Waals surface area contributed by atoms with Crippen LogP contribution in [-0.2, 0) is 9.53 Å². The van der Waals surface area contributed by atoms with Gasteiger partial charge in [-0.25, -0.2) is 0 Å². The standard InChI is InChI=1S/C15H23N5O3/c1-2-23-12(22)6-7-17-13-11(10-21)14(19-15(16)18-13)20-8-4-3-5-9-20/h10H,2-9H2,1H3,(H3,16,17,18,19). The summed E-state index contributed by atoms with van der Waals surface area (Å²) in [7, 11) is 0. The minimum absolute atomic E-state index is 0.106. The van der Waals surface area contributed by atoms with Crippen molar-refractivity contribution in [2.24, 2.45) is 0 Å². The zero-order chi connectivity index (χ0) is 16.7. The zero-order valence-corrected chi connectivity index (χ0v) is 13.4. The first-order valence-electron chi connectivity index (χ1n) is 7.92. The lowest BCUT2D eigenvalue weighted by molar-refractivity contribution is -0.142. The second-order valence-electron chi connectivity index (χ2n) is 5.32. The molecule has 8 heteroatoms. The van der Waals surface area contributed by atoms with E-state index in [2.05, 4.69) is 20.2 Å². The van der Waals surface area contributed by atoms with Gasteiger partial charge in [-0.05, 0) is 26.2 Å². The molecule has 0 unspecified atom stereocenters. The molecule has 1 fully saturated rings. The number of hydrogen-bond donors (Lipinski definition) is 2. The van der Waals surface area contributed by atoms with Crippen LogP contribution in [0.1, 0.15) is 43.0 Å². The minimum atomic E-state index is -0.300. The van der Waals surface area contributed by atoms with E-state index in [1.54, 1.807) is 6.92 Å². The Hall–Kier alpha value is -2.38. The maximum atomic E-state index is 11.5. The van der Waals surface area contributed by atoms with Gasteiger partial charge in [-0.2, -0.15) is 9.97 Å².